The summed E-state index contributed by atoms with van der Waals surface area (Å²) in [7, 11) is 0. The summed E-state index contributed by atoms with van der Waals surface area (Å²) in [4.78, 5) is 6.15. The highest BCUT2D eigenvalue weighted by molar-refractivity contribution is 9.10. The Labute approximate surface area is 141 Å². The third-order valence-electron chi connectivity index (χ3n) is 3.56. The van der Waals surface area contributed by atoms with E-state index in [-0.39, 0.29) is 0 Å². The summed E-state index contributed by atoms with van der Waals surface area (Å²) in [6.07, 6.45) is 1.81. The minimum atomic E-state index is 0.362. The van der Waals surface area contributed by atoms with Gasteiger partial charge in [0.05, 0.1) is 11.0 Å². The smallest absolute Gasteiger partial charge is 0.111 e. The van der Waals surface area contributed by atoms with Gasteiger partial charge in [0.15, 0.2) is 0 Å². The average Bonchev–Trinajstić information content (AvgIpc) is 3.06. The van der Waals surface area contributed by atoms with Gasteiger partial charge >= 0.3 is 0 Å². The number of thiophene rings is 1. The molecule has 0 bridgehead atoms. The topological polar surface area (TPSA) is 17.8 Å². The fourth-order valence-electron chi connectivity index (χ4n) is 2.68. The maximum Gasteiger partial charge on any atom is 0.111 e. The molecule has 0 aliphatic heterocycles. The van der Waals surface area contributed by atoms with E-state index in [0.717, 1.165) is 28.7 Å². The van der Waals surface area contributed by atoms with Crippen LogP contribution in [-0.4, -0.2) is 15.4 Å². The lowest BCUT2D eigenvalue weighted by atomic mass is 10.2. The monoisotopic (exact) mass is 382 g/mol. The Morgan fingerprint density at radius 2 is 2.24 bits per heavy atom. The van der Waals surface area contributed by atoms with Crippen LogP contribution < -0.4 is 0 Å². The number of imidazole rings is 1. The third kappa shape index (κ3) is 3.17. The summed E-state index contributed by atoms with van der Waals surface area (Å²) in [5, 5.41) is 2.13. The van der Waals surface area contributed by atoms with Crippen LogP contribution in [0, 0.1) is 0 Å². The number of benzene rings is 1. The zero-order valence-electron chi connectivity index (χ0n) is 11.7. The van der Waals surface area contributed by atoms with Gasteiger partial charge in [-0.25, -0.2) is 4.98 Å². The largest absolute Gasteiger partial charge is 0.325 e. The number of alkyl halides is 1. The van der Waals surface area contributed by atoms with E-state index in [9.17, 15) is 0 Å². The molecule has 1 aromatic carbocycles. The van der Waals surface area contributed by atoms with Gasteiger partial charge in [0, 0.05) is 34.1 Å². The molecule has 3 rings (SSSR count). The van der Waals surface area contributed by atoms with Crippen LogP contribution >= 0.6 is 38.9 Å². The first-order chi connectivity index (χ1) is 10.2. The molecule has 21 heavy (non-hydrogen) atoms. The lowest BCUT2D eigenvalue weighted by molar-refractivity contribution is 0.541. The number of fused-ring (bicyclic) bond motifs is 1. The number of aromatic nitrogens is 2. The second-order valence-electron chi connectivity index (χ2n) is 5.10. The van der Waals surface area contributed by atoms with Gasteiger partial charge in [0.2, 0.25) is 0 Å². The molecule has 3 aromatic rings. The number of aryl methyl sites for hydroxylation is 1. The van der Waals surface area contributed by atoms with Crippen LogP contribution in [0.25, 0.3) is 11.0 Å². The summed E-state index contributed by atoms with van der Waals surface area (Å²) >= 11 is 11.3. The highest BCUT2D eigenvalue weighted by Gasteiger charge is 2.16. The second kappa shape index (κ2) is 6.51. The standard InChI is InChI=1S/C16H16BrClN2S/c1-11(9-13-3-2-8-21-13)20-15-10-12(17)4-5-14(15)19-16(20)6-7-18/h2-5,8,10-11H,6-7,9H2,1H3. The van der Waals surface area contributed by atoms with Crippen LogP contribution in [0.2, 0.25) is 0 Å². The molecule has 0 radical (unpaired) electrons. The van der Waals surface area contributed by atoms with Gasteiger partial charge in [-0.1, -0.05) is 22.0 Å². The minimum Gasteiger partial charge on any atom is -0.325 e. The molecule has 2 aromatic heterocycles. The molecular formula is C16H16BrClN2S. The molecule has 0 aliphatic rings. The minimum absolute atomic E-state index is 0.362. The third-order valence-corrected chi connectivity index (χ3v) is 5.14. The van der Waals surface area contributed by atoms with Crippen LogP contribution in [0.5, 0.6) is 0 Å². The Morgan fingerprint density at radius 1 is 1.38 bits per heavy atom. The van der Waals surface area contributed by atoms with Crippen LogP contribution in [-0.2, 0) is 12.8 Å². The molecule has 0 fully saturated rings. The predicted molar refractivity (Wildman–Crippen MR) is 94.6 cm³/mol. The van der Waals surface area contributed by atoms with Crippen molar-refractivity contribution >= 4 is 49.9 Å². The van der Waals surface area contributed by atoms with Gasteiger partial charge in [-0.2, -0.15) is 0 Å². The maximum atomic E-state index is 5.95. The summed E-state index contributed by atoms with van der Waals surface area (Å²) in [6, 6.07) is 10.9. The van der Waals surface area contributed by atoms with Crippen molar-refractivity contribution in [1.29, 1.82) is 0 Å². The molecule has 110 valence electrons. The summed E-state index contributed by atoms with van der Waals surface area (Å²) in [5.74, 6) is 1.66. The van der Waals surface area contributed by atoms with Gasteiger partial charge in [-0.05, 0) is 36.6 Å². The highest BCUT2D eigenvalue weighted by atomic mass is 79.9. The van der Waals surface area contributed by atoms with Crippen molar-refractivity contribution in [3.05, 3.63) is 50.9 Å². The first kappa shape index (κ1) is 15.1. The van der Waals surface area contributed by atoms with Gasteiger partial charge < -0.3 is 4.57 Å². The van der Waals surface area contributed by atoms with Crippen molar-refractivity contribution in [3.63, 3.8) is 0 Å². The molecule has 2 heterocycles. The molecule has 1 atom stereocenters. The maximum absolute atomic E-state index is 5.95. The lowest BCUT2D eigenvalue weighted by Gasteiger charge is -2.17. The quantitative estimate of drug-likeness (QED) is 0.536. The highest BCUT2D eigenvalue weighted by Crippen LogP contribution is 2.27. The SMILES string of the molecule is CC(Cc1cccs1)n1c(CCCl)nc2ccc(Br)cc21. The van der Waals surface area contributed by atoms with Crippen LogP contribution in [0.1, 0.15) is 23.7 Å². The van der Waals surface area contributed by atoms with E-state index in [1.165, 1.54) is 10.4 Å². The second-order valence-corrected chi connectivity index (χ2v) is 7.43. The molecule has 5 heteroatoms. The van der Waals surface area contributed by atoms with E-state index in [2.05, 4.69) is 57.1 Å². The van der Waals surface area contributed by atoms with Gasteiger partial charge in [0.25, 0.3) is 0 Å². The number of hydrogen-bond acceptors (Lipinski definition) is 2. The molecule has 0 amide bonds. The molecular weight excluding hydrogens is 368 g/mol. The first-order valence-corrected chi connectivity index (χ1v) is 9.14. The predicted octanol–water partition coefficient (Wildman–Crippen LogP) is 5.45. The normalized spacial score (nSPS) is 12.9. The van der Waals surface area contributed by atoms with Crippen LogP contribution in [0.4, 0.5) is 0 Å². The van der Waals surface area contributed by atoms with Crippen molar-refractivity contribution in [3.8, 4) is 0 Å². The molecule has 0 aliphatic carbocycles. The van der Waals surface area contributed by atoms with Crippen molar-refractivity contribution < 1.29 is 0 Å². The van der Waals surface area contributed by atoms with Gasteiger partial charge in [-0.15, -0.1) is 22.9 Å². The summed E-state index contributed by atoms with van der Waals surface area (Å²) < 4.78 is 3.42. The van der Waals surface area contributed by atoms with Gasteiger partial charge in [0.1, 0.15) is 5.82 Å². The Balaban J connectivity index is 2.05. The molecule has 2 nitrogen and oxygen atoms in total. The number of nitrogens with zero attached hydrogens (tertiary/aromatic N) is 2. The Kier molecular flexibility index (Phi) is 4.67. The van der Waals surface area contributed by atoms with E-state index >= 15 is 0 Å². The summed E-state index contributed by atoms with van der Waals surface area (Å²) in [6.45, 7) is 2.25. The first-order valence-electron chi connectivity index (χ1n) is 6.93. The van der Waals surface area contributed by atoms with Crippen LogP contribution in [0.3, 0.4) is 0 Å². The van der Waals surface area contributed by atoms with Gasteiger partial charge in [-0.3, -0.25) is 0 Å². The van der Waals surface area contributed by atoms with E-state index in [1.807, 2.05) is 17.4 Å². The van der Waals surface area contributed by atoms with E-state index in [1.54, 1.807) is 0 Å². The van der Waals surface area contributed by atoms with E-state index < -0.39 is 0 Å². The lowest BCUT2D eigenvalue weighted by Crippen LogP contribution is -2.12. The fourth-order valence-corrected chi connectivity index (χ4v) is 4.02. The number of rotatable bonds is 5. The van der Waals surface area contributed by atoms with E-state index in [4.69, 9.17) is 16.6 Å². The molecule has 0 spiro atoms. The Bertz CT molecular complexity index is 736. The molecule has 0 N–H and O–H groups in total. The van der Waals surface area contributed by atoms with Crippen molar-refractivity contribution in [2.45, 2.75) is 25.8 Å². The molecule has 1 unspecified atom stereocenters. The zero-order chi connectivity index (χ0) is 14.8. The fraction of sp³-hybridized carbons (Fsp3) is 0.312. The Morgan fingerprint density at radius 3 is 2.95 bits per heavy atom. The molecule has 0 saturated carbocycles. The zero-order valence-corrected chi connectivity index (χ0v) is 14.9. The van der Waals surface area contributed by atoms with E-state index in [0.29, 0.717) is 11.9 Å². The van der Waals surface area contributed by atoms with Crippen molar-refractivity contribution in [1.82, 2.24) is 9.55 Å². The molecule has 0 saturated heterocycles. The van der Waals surface area contributed by atoms with Crippen molar-refractivity contribution in [2.75, 3.05) is 5.88 Å². The Hall–Kier alpha value is -0.840. The average molecular weight is 384 g/mol. The number of halogens is 2. The van der Waals surface area contributed by atoms with Crippen molar-refractivity contribution in [2.24, 2.45) is 0 Å². The van der Waals surface area contributed by atoms with Crippen LogP contribution in [0.15, 0.2) is 40.2 Å². The summed E-state index contributed by atoms with van der Waals surface area (Å²) in [5.41, 5.74) is 2.21. The number of hydrogen-bond donors (Lipinski definition) is 0.